The summed E-state index contributed by atoms with van der Waals surface area (Å²) in [5.74, 6) is 0.777. The Morgan fingerprint density at radius 3 is 2.52 bits per heavy atom. The third kappa shape index (κ3) is 6.77. The lowest BCUT2D eigenvalue weighted by Gasteiger charge is -2.16. The summed E-state index contributed by atoms with van der Waals surface area (Å²) in [6.45, 7) is 0.712. The highest BCUT2D eigenvalue weighted by molar-refractivity contribution is 7.98. The van der Waals surface area contributed by atoms with Gasteiger partial charge in [-0.15, -0.1) is 0 Å². The van der Waals surface area contributed by atoms with Gasteiger partial charge in [0.05, 0.1) is 7.11 Å². The van der Waals surface area contributed by atoms with Gasteiger partial charge < -0.3 is 19.9 Å². The molecule has 0 bridgehead atoms. The number of nitrogens with one attached hydrogen (secondary N) is 1. The molecule has 7 heteroatoms. The Kier molecular flexibility index (Phi) is 8.42. The van der Waals surface area contributed by atoms with Gasteiger partial charge in [-0.05, 0) is 53.8 Å². The smallest absolute Gasteiger partial charge is 0.320 e. The molecule has 5 nitrogen and oxygen atoms in total. The van der Waals surface area contributed by atoms with Crippen LogP contribution in [0.15, 0.2) is 42.5 Å². The van der Waals surface area contributed by atoms with Crippen LogP contribution in [0.5, 0.6) is 11.5 Å². The van der Waals surface area contributed by atoms with Gasteiger partial charge in [0.15, 0.2) is 11.5 Å². The molecular formula is C20H24FNO4S. The van der Waals surface area contributed by atoms with Crippen LogP contribution in [0.4, 0.5) is 4.39 Å². The molecule has 0 saturated carbocycles. The van der Waals surface area contributed by atoms with Crippen LogP contribution < -0.4 is 14.8 Å². The molecule has 2 aromatic carbocycles. The van der Waals surface area contributed by atoms with E-state index in [0.29, 0.717) is 31.1 Å². The largest absolute Gasteiger partial charge is 0.493 e. The maximum absolute atomic E-state index is 13.0. The summed E-state index contributed by atoms with van der Waals surface area (Å²) in [6.07, 6.45) is 2.51. The second-order valence-corrected chi connectivity index (χ2v) is 6.94. The molecule has 2 N–H and O–H groups in total. The van der Waals surface area contributed by atoms with E-state index < -0.39 is 12.0 Å². The van der Waals surface area contributed by atoms with E-state index in [1.807, 2.05) is 18.4 Å². The van der Waals surface area contributed by atoms with Gasteiger partial charge >= 0.3 is 5.97 Å². The molecule has 0 heterocycles. The third-order valence-corrected chi connectivity index (χ3v) is 4.64. The van der Waals surface area contributed by atoms with E-state index in [2.05, 4.69) is 5.32 Å². The molecule has 1 unspecified atom stereocenters. The highest BCUT2D eigenvalue weighted by atomic mass is 32.2. The summed E-state index contributed by atoms with van der Waals surface area (Å²) in [6, 6.07) is 11.0. The molecule has 0 radical (unpaired) electrons. The van der Waals surface area contributed by atoms with E-state index in [0.717, 1.165) is 16.9 Å². The summed E-state index contributed by atoms with van der Waals surface area (Å²) in [5, 5.41) is 12.3. The van der Waals surface area contributed by atoms with Crippen LogP contribution in [0.3, 0.4) is 0 Å². The average molecular weight is 393 g/mol. The average Bonchev–Trinajstić information content (AvgIpc) is 2.67. The van der Waals surface area contributed by atoms with Crippen molar-refractivity contribution in [3.8, 4) is 11.5 Å². The molecule has 1 atom stereocenters. The number of methoxy groups -OCH3 is 1. The van der Waals surface area contributed by atoms with Crippen LogP contribution in [0.25, 0.3) is 0 Å². The Labute approximate surface area is 162 Å². The fraction of sp³-hybridized carbons (Fsp3) is 0.350. The lowest BCUT2D eigenvalue weighted by atomic mass is 10.1. The van der Waals surface area contributed by atoms with Crippen molar-refractivity contribution in [2.24, 2.45) is 0 Å². The lowest BCUT2D eigenvalue weighted by Crippen LogP contribution is -2.36. The molecule has 0 spiro atoms. The SMILES string of the molecule is COc1cc(CNC(CCSC)C(=O)O)ccc1OCc1ccc(F)cc1. The Hall–Kier alpha value is -2.25. The lowest BCUT2D eigenvalue weighted by molar-refractivity contribution is -0.139. The van der Waals surface area contributed by atoms with Gasteiger partial charge in [0.2, 0.25) is 0 Å². The Bertz CT molecular complexity index is 739. The molecule has 0 aliphatic carbocycles. The Balaban J connectivity index is 1.97. The minimum absolute atomic E-state index is 0.287. The van der Waals surface area contributed by atoms with Crippen molar-refractivity contribution in [3.05, 3.63) is 59.4 Å². The quantitative estimate of drug-likeness (QED) is 0.607. The third-order valence-electron chi connectivity index (χ3n) is 4.00. The first kappa shape index (κ1) is 21.1. The minimum Gasteiger partial charge on any atom is -0.493 e. The zero-order chi connectivity index (χ0) is 19.6. The molecule has 146 valence electrons. The van der Waals surface area contributed by atoms with Crippen molar-refractivity contribution in [1.29, 1.82) is 0 Å². The summed E-state index contributed by atoms with van der Waals surface area (Å²) in [7, 11) is 1.55. The van der Waals surface area contributed by atoms with Crippen molar-refractivity contribution in [2.75, 3.05) is 19.1 Å². The molecule has 0 aromatic heterocycles. The normalized spacial score (nSPS) is 11.8. The molecule has 0 aliphatic rings. The first-order valence-electron chi connectivity index (χ1n) is 8.52. The van der Waals surface area contributed by atoms with Crippen molar-refractivity contribution in [1.82, 2.24) is 5.32 Å². The topological polar surface area (TPSA) is 67.8 Å². The standard InChI is InChI=1S/C20H24FNO4S/c1-25-19-11-15(12-22-17(20(23)24)9-10-27-2)5-8-18(19)26-13-14-3-6-16(21)7-4-14/h3-8,11,17,22H,9-10,12-13H2,1-2H3,(H,23,24). The zero-order valence-electron chi connectivity index (χ0n) is 15.4. The van der Waals surface area contributed by atoms with E-state index in [-0.39, 0.29) is 5.82 Å². The van der Waals surface area contributed by atoms with Gasteiger partial charge in [-0.1, -0.05) is 18.2 Å². The van der Waals surface area contributed by atoms with Crippen LogP contribution in [-0.4, -0.2) is 36.2 Å². The number of aliphatic carboxylic acids is 1. The van der Waals surface area contributed by atoms with Gasteiger partial charge in [0.1, 0.15) is 18.5 Å². The fourth-order valence-corrected chi connectivity index (χ4v) is 2.94. The zero-order valence-corrected chi connectivity index (χ0v) is 16.2. The summed E-state index contributed by atoms with van der Waals surface area (Å²) < 4.78 is 24.1. The highest BCUT2D eigenvalue weighted by Crippen LogP contribution is 2.29. The molecule has 27 heavy (non-hydrogen) atoms. The van der Waals surface area contributed by atoms with Crippen molar-refractivity contribution >= 4 is 17.7 Å². The number of hydrogen-bond acceptors (Lipinski definition) is 5. The van der Waals surface area contributed by atoms with Crippen molar-refractivity contribution < 1.29 is 23.8 Å². The van der Waals surface area contributed by atoms with Gasteiger partial charge in [0.25, 0.3) is 0 Å². The monoisotopic (exact) mass is 393 g/mol. The van der Waals surface area contributed by atoms with Crippen LogP contribution in [0, 0.1) is 5.82 Å². The first-order valence-corrected chi connectivity index (χ1v) is 9.92. The molecule has 0 saturated heterocycles. The molecule has 0 fully saturated rings. The predicted molar refractivity (Wildman–Crippen MR) is 105 cm³/mol. The number of carboxylic acid groups (broad SMARTS) is 1. The molecular weight excluding hydrogens is 369 g/mol. The summed E-state index contributed by atoms with van der Waals surface area (Å²) in [4.78, 5) is 11.3. The second-order valence-electron chi connectivity index (χ2n) is 5.95. The number of hydrogen-bond donors (Lipinski definition) is 2. The van der Waals surface area contributed by atoms with E-state index in [4.69, 9.17) is 9.47 Å². The van der Waals surface area contributed by atoms with Crippen LogP contribution in [0.1, 0.15) is 17.5 Å². The number of ether oxygens (including phenoxy) is 2. The fourth-order valence-electron chi connectivity index (χ4n) is 2.47. The predicted octanol–water partition coefficient (Wildman–Crippen LogP) is 3.71. The van der Waals surface area contributed by atoms with E-state index in [9.17, 15) is 14.3 Å². The first-order chi connectivity index (χ1) is 13.0. The molecule has 0 amide bonds. The van der Waals surface area contributed by atoms with Gasteiger partial charge in [0, 0.05) is 6.54 Å². The molecule has 0 aliphatic heterocycles. The van der Waals surface area contributed by atoms with Crippen LogP contribution in [0.2, 0.25) is 0 Å². The molecule has 2 rings (SSSR count). The van der Waals surface area contributed by atoms with Crippen molar-refractivity contribution in [3.63, 3.8) is 0 Å². The van der Waals surface area contributed by atoms with Crippen LogP contribution in [-0.2, 0) is 17.9 Å². The number of halogens is 1. The van der Waals surface area contributed by atoms with E-state index in [1.165, 1.54) is 12.1 Å². The van der Waals surface area contributed by atoms with Crippen LogP contribution >= 0.6 is 11.8 Å². The minimum atomic E-state index is -0.852. The number of benzene rings is 2. The Morgan fingerprint density at radius 1 is 1.19 bits per heavy atom. The van der Waals surface area contributed by atoms with Gasteiger partial charge in [-0.2, -0.15) is 11.8 Å². The molecule has 2 aromatic rings. The summed E-state index contributed by atoms with van der Waals surface area (Å²) in [5.41, 5.74) is 1.75. The van der Waals surface area contributed by atoms with E-state index in [1.54, 1.807) is 37.1 Å². The number of rotatable bonds is 11. The highest BCUT2D eigenvalue weighted by Gasteiger charge is 2.16. The van der Waals surface area contributed by atoms with Crippen molar-refractivity contribution in [2.45, 2.75) is 25.6 Å². The van der Waals surface area contributed by atoms with Gasteiger partial charge in [-0.3, -0.25) is 4.79 Å². The maximum Gasteiger partial charge on any atom is 0.320 e. The number of carbonyl (C=O) groups is 1. The number of carboxylic acids is 1. The maximum atomic E-state index is 13.0. The number of thioether (sulfide) groups is 1. The second kappa shape index (κ2) is 10.8. The Morgan fingerprint density at radius 2 is 1.89 bits per heavy atom. The summed E-state index contributed by atoms with van der Waals surface area (Å²) >= 11 is 1.62. The van der Waals surface area contributed by atoms with E-state index >= 15 is 0 Å². The van der Waals surface area contributed by atoms with Gasteiger partial charge in [-0.25, -0.2) is 4.39 Å².